The first-order valence-corrected chi connectivity index (χ1v) is 8.42. The molecule has 1 fully saturated rings. The average Bonchev–Trinajstić information content (AvgIpc) is 2.95. The van der Waals surface area contributed by atoms with Crippen LogP contribution in [0.3, 0.4) is 0 Å². The summed E-state index contributed by atoms with van der Waals surface area (Å²) in [5, 5.41) is 6.33. The second-order valence-corrected chi connectivity index (χ2v) is 6.56. The Morgan fingerprint density at radius 3 is 3.09 bits per heavy atom. The van der Waals surface area contributed by atoms with E-state index in [2.05, 4.69) is 49.8 Å². The normalized spacial score (nSPS) is 17.7. The van der Waals surface area contributed by atoms with Gasteiger partial charge in [0.1, 0.15) is 18.0 Å². The van der Waals surface area contributed by atoms with Crippen LogP contribution >= 0.6 is 22.6 Å². The maximum Gasteiger partial charge on any atom is 0.246 e. The van der Waals surface area contributed by atoms with E-state index in [1.807, 2.05) is 18.0 Å². The summed E-state index contributed by atoms with van der Waals surface area (Å²) in [5.41, 5.74) is 6.63. The van der Waals surface area contributed by atoms with Crippen molar-refractivity contribution in [3.63, 3.8) is 0 Å². The topological polar surface area (TPSA) is 96.2 Å². The van der Waals surface area contributed by atoms with Gasteiger partial charge in [-0.15, -0.1) is 0 Å². The minimum Gasteiger partial charge on any atom is -0.383 e. The van der Waals surface area contributed by atoms with Crippen LogP contribution in [-0.4, -0.2) is 53.5 Å². The van der Waals surface area contributed by atoms with Gasteiger partial charge >= 0.3 is 0 Å². The minimum absolute atomic E-state index is 0.0327. The van der Waals surface area contributed by atoms with Crippen LogP contribution in [0.25, 0.3) is 3.58 Å². The summed E-state index contributed by atoms with van der Waals surface area (Å²) in [6, 6.07) is 0.139. The number of amides is 1. The summed E-state index contributed by atoms with van der Waals surface area (Å²) < 4.78 is 0.782. The number of nitrogens with zero attached hydrogens (tertiary/aromatic N) is 3. The van der Waals surface area contributed by atoms with E-state index in [9.17, 15) is 4.79 Å². The van der Waals surface area contributed by atoms with Gasteiger partial charge in [-0.3, -0.25) is 4.79 Å². The Morgan fingerprint density at radius 2 is 2.39 bits per heavy atom. The molecule has 1 atom stereocenters. The van der Waals surface area contributed by atoms with Gasteiger partial charge in [0.05, 0.1) is 5.56 Å². The van der Waals surface area contributed by atoms with Crippen molar-refractivity contribution in [2.24, 2.45) is 0 Å². The number of hydrogen-bond donors (Lipinski definition) is 3. The van der Waals surface area contributed by atoms with Crippen molar-refractivity contribution in [3.8, 4) is 0 Å². The Balaban J connectivity index is 2.00. The molecule has 1 aliphatic heterocycles. The quantitative estimate of drug-likeness (QED) is 0.467. The molecule has 23 heavy (non-hydrogen) atoms. The van der Waals surface area contributed by atoms with Gasteiger partial charge in [0.15, 0.2) is 0 Å². The van der Waals surface area contributed by atoms with E-state index in [1.165, 1.54) is 6.33 Å². The van der Waals surface area contributed by atoms with E-state index < -0.39 is 0 Å². The molecule has 1 amide bonds. The molecule has 1 aromatic heterocycles. The summed E-state index contributed by atoms with van der Waals surface area (Å²) in [5.74, 6) is 1.11. The molecule has 0 radical (unpaired) electrons. The van der Waals surface area contributed by atoms with E-state index >= 15 is 0 Å². The van der Waals surface area contributed by atoms with Gasteiger partial charge in [-0.05, 0) is 36.1 Å². The fraction of sp³-hybridized carbons (Fsp3) is 0.400. The van der Waals surface area contributed by atoms with Crippen molar-refractivity contribution in [1.29, 1.82) is 0 Å². The first kappa shape index (κ1) is 17.7. The second kappa shape index (κ2) is 8.25. The van der Waals surface area contributed by atoms with Crippen molar-refractivity contribution >= 4 is 43.7 Å². The fourth-order valence-electron chi connectivity index (χ4n) is 2.43. The highest BCUT2D eigenvalue weighted by atomic mass is 127. The molecular formula is C15H21IN6O. The third kappa shape index (κ3) is 4.64. The Bertz CT molecular complexity index is 618. The van der Waals surface area contributed by atoms with Gasteiger partial charge in [-0.1, -0.05) is 12.7 Å². The summed E-state index contributed by atoms with van der Waals surface area (Å²) >= 11 is 2.11. The van der Waals surface area contributed by atoms with E-state index in [-0.39, 0.29) is 11.9 Å². The fourth-order valence-corrected chi connectivity index (χ4v) is 2.96. The van der Waals surface area contributed by atoms with E-state index in [0.29, 0.717) is 24.7 Å². The predicted octanol–water partition coefficient (Wildman–Crippen LogP) is 1.25. The molecule has 0 aliphatic carbocycles. The lowest BCUT2D eigenvalue weighted by Gasteiger charge is -2.18. The van der Waals surface area contributed by atoms with Gasteiger partial charge < -0.3 is 21.3 Å². The molecule has 0 bridgehead atoms. The molecule has 2 heterocycles. The number of carbonyl (C=O) groups excluding carboxylic acids is 1. The van der Waals surface area contributed by atoms with Crippen LogP contribution in [0.2, 0.25) is 0 Å². The summed E-state index contributed by atoms with van der Waals surface area (Å²) in [6.45, 7) is 5.96. The predicted molar refractivity (Wildman–Crippen MR) is 101 cm³/mol. The number of hydrogen-bond acceptors (Lipinski definition) is 6. The molecule has 0 aromatic carbocycles. The van der Waals surface area contributed by atoms with Crippen LogP contribution in [0.1, 0.15) is 12.0 Å². The number of nitrogens with two attached hydrogens (primary N) is 1. The number of aromatic nitrogens is 2. The largest absolute Gasteiger partial charge is 0.383 e. The third-order valence-electron chi connectivity index (χ3n) is 3.57. The van der Waals surface area contributed by atoms with Crippen LogP contribution < -0.4 is 16.4 Å². The summed E-state index contributed by atoms with van der Waals surface area (Å²) in [6.07, 6.45) is 5.73. The molecule has 0 saturated carbocycles. The zero-order chi connectivity index (χ0) is 16.8. The molecule has 1 saturated heterocycles. The molecule has 2 rings (SSSR count). The van der Waals surface area contributed by atoms with Gasteiger partial charge in [0.25, 0.3) is 0 Å². The Labute approximate surface area is 149 Å². The molecule has 0 spiro atoms. The van der Waals surface area contributed by atoms with Crippen LogP contribution in [0.15, 0.2) is 25.1 Å². The van der Waals surface area contributed by atoms with Crippen LogP contribution in [0, 0.1) is 0 Å². The zero-order valence-corrected chi connectivity index (χ0v) is 15.2. The lowest BCUT2D eigenvalue weighted by molar-refractivity contribution is -0.125. The number of rotatable bonds is 6. The highest BCUT2D eigenvalue weighted by Crippen LogP contribution is 2.30. The van der Waals surface area contributed by atoms with Crippen molar-refractivity contribution in [2.75, 3.05) is 37.7 Å². The highest BCUT2D eigenvalue weighted by molar-refractivity contribution is 14.1. The Kier molecular flexibility index (Phi) is 6.34. The van der Waals surface area contributed by atoms with Crippen molar-refractivity contribution in [1.82, 2.24) is 20.2 Å². The van der Waals surface area contributed by atoms with Gasteiger partial charge in [0, 0.05) is 35.3 Å². The Morgan fingerprint density at radius 1 is 1.61 bits per heavy atom. The van der Waals surface area contributed by atoms with E-state index in [1.54, 1.807) is 6.08 Å². The van der Waals surface area contributed by atoms with Gasteiger partial charge in [-0.25, -0.2) is 9.97 Å². The number of likely N-dealkylation sites (tertiary alicyclic amines) is 1. The lowest BCUT2D eigenvalue weighted by Crippen LogP contribution is -2.30. The summed E-state index contributed by atoms with van der Waals surface area (Å²) in [4.78, 5) is 22.2. The number of likely N-dealkylation sites (N-methyl/N-ethyl adjacent to an activating group) is 1. The molecule has 8 heteroatoms. The van der Waals surface area contributed by atoms with Crippen molar-refractivity contribution < 1.29 is 4.79 Å². The van der Waals surface area contributed by atoms with Gasteiger partial charge in [0.2, 0.25) is 5.91 Å². The first-order valence-electron chi connectivity index (χ1n) is 7.34. The van der Waals surface area contributed by atoms with Crippen LogP contribution in [0.4, 0.5) is 11.6 Å². The molecular weight excluding hydrogens is 407 g/mol. The first-order chi connectivity index (χ1) is 11.0. The second-order valence-electron chi connectivity index (χ2n) is 5.26. The van der Waals surface area contributed by atoms with Gasteiger partial charge in [-0.2, -0.15) is 0 Å². The third-order valence-corrected chi connectivity index (χ3v) is 4.11. The highest BCUT2D eigenvalue weighted by Gasteiger charge is 2.26. The molecule has 1 aromatic rings. The summed E-state index contributed by atoms with van der Waals surface area (Å²) in [7, 11) is 1.84. The molecule has 4 N–H and O–H groups in total. The number of carbonyl (C=O) groups is 1. The maximum absolute atomic E-state index is 12.1. The standard InChI is InChI=1S/C15H21IN6O/c1-10(16)13-14(17)19-9-20-15(13)21-11-5-7-22(8-11)12(23)4-3-6-18-2/h3-4,9,11,18H,1,5-8H2,2H3,(H3,17,19,20,21)/b4-3+/t11-/m1/s1. The average molecular weight is 428 g/mol. The molecule has 7 nitrogen and oxygen atoms in total. The lowest BCUT2D eigenvalue weighted by atomic mass is 10.2. The van der Waals surface area contributed by atoms with E-state index in [4.69, 9.17) is 5.73 Å². The SMILES string of the molecule is C=C(I)c1c(N)ncnc1N[C@@H]1CCN(C(=O)/C=C/CNC)C1. The number of anilines is 2. The smallest absolute Gasteiger partial charge is 0.246 e. The minimum atomic E-state index is 0.0327. The monoisotopic (exact) mass is 428 g/mol. The molecule has 1 aliphatic rings. The van der Waals surface area contributed by atoms with Crippen LogP contribution in [-0.2, 0) is 4.79 Å². The molecule has 0 unspecified atom stereocenters. The maximum atomic E-state index is 12.1. The van der Waals surface area contributed by atoms with Crippen LogP contribution in [0.5, 0.6) is 0 Å². The molecule has 124 valence electrons. The Hall–Kier alpha value is -1.68. The number of halogens is 1. The van der Waals surface area contributed by atoms with Crippen molar-refractivity contribution in [2.45, 2.75) is 12.5 Å². The number of nitrogen functional groups attached to an aromatic ring is 1. The zero-order valence-electron chi connectivity index (χ0n) is 13.1. The van der Waals surface area contributed by atoms with Crippen molar-refractivity contribution in [3.05, 3.63) is 30.6 Å². The number of nitrogens with one attached hydrogen (secondary N) is 2. The van der Waals surface area contributed by atoms with E-state index in [0.717, 1.165) is 22.1 Å².